The second-order valence-electron chi connectivity index (χ2n) is 6.60. The molecule has 0 amide bonds. The maximum absolute atomic E-state index is 12.8. The molecule has 0 radical (unpaired) electrons. The van der Waals surface area contributed by atoms with Gasteiger partial charge in [0.25, 0.3) is 0 Å². The zero-order chi connectivity index (χ0) is 18.1. The third-order valence-corrected chi connectivity index (χ3v) is 4.75. The summed E-state index contributed by atoms with van der Waals surface area (Å²) >= 11 is 0. The number of aryl methyl sites for hydroxylation is 3. The van der Waals surface area contributed by atoms with Crippen LogP contribution in [0.15, 0.2) is 38.6 Å². The number of aromatic hydroxyl groups is 1. The molecule has 1 aromatic heterocycles. The molecule has 4 nitrogen and oxygen atoms in total. The van der Waals surface area contributed by atoms with E-state index in [1.807, 2.05) is 32.9 Å². The molecule has 1 aliphatic rings. The molecule has 0 fully saturated rings. The highest BCUT2D eigenvalue weighted by Crippen LogP contribution is 2.38. The van der Waals surface area contributed by atoms with Crippen molar-refractivity contribution in [3.8, 4) is 16.9 Å². The number of allylic oxidation sites excluding steroid dienone is 1. The summed E-state index contributed by atoms with van der Waals surface area (Å²) in [6, 6.07) is 4.08. The van der Waals surface area contributed by atoms with Gasteiger partial charge in [-0.25, -0.2) is 4.79 Å². The van der Waals surface area contributed by atoms with Gasteiger partial charge in [-0.2, -0.15) is 0 Å². The summed E-state index contributed by atoms with van der Waals surface area (Å²) in [5, 5.41) is 10.8. The van der Waals surface area contributed by atoms with Crippen LogP contribution in [0.25, 0.3) is 11.1 Å². The first-order valence-corrected chi connectivity index (χ1v) is 8.59. The van der Waals surface area contributed by atoms with Gasteiger partial charge in [0.05, 0.1) is 5.92 Å². The number of aliphatic imine (C=N–C) groups is 1. The van der Waals surface area contributed by atoms with Crippen LogP contribution in [0.2, 0.25) is 0 Å². The van der Waals surface area contributed by atoms with E-state index in [9.17, 15) is 9.90 Å². The zero-order valence-corrected chi connectivity index (χ0v) is 15.1. The van der Waals surface area contributed by atoms with Gasteiger partial charge in [0.1, 0.15) is 17.1 Å². The Kier molecular flexibility index (Phi) is 4.62. The lowest BCUT2D eigenvalue weighted by Gasteiger charge is -2.18. The molecule has 25 heavy (non-hydrogen) atoms. The third-order valence-electron chi connectivity index (χ3n) is 4.75. The second kappa shape index (κ2) is 6.71. The Hall–Kier alpha value is -2.62. The van der Waals surface area contributed by atoms with Crippen LogP contribution in [-0.2, 0) is 6.42 Å². The topological polar surface area (TPSA) is 62.8 Å². The summed E-state index contributed by atoms with van der Waals surface area (Å²) in [4.78, 5) is 16.9. The summed E-state index contributed by atoms with van der Waals surface area (Å²) in [5.41, 5.74) is 4.29. The molecule has 1 aliphatic heterocycles. The summed E-state index contributed by atoms with van der Waals surface area (Å²) < 4.78 is 5.66. The normalized spacial score (nSPS) is 16.4. The Labute approximate surface area is 147 Å². The molecular weight excluding hydrogens is 314 g/mol. The maximum atomic E-state index is 12.8. The number of benzene rings is 1. The van der Waals surface area contributed by atoms with Gasteiger partial charge in [-0.3, -0.25) is 4.99 Å². The predicted octanol–water partition coefficient (Wildman–Crippen LogP) is 4.57. The van der Waals surface area contributed by atoms with Gasteiger partial charge in [-0.05, 0) is 50.3 Å². The lowest BCUT2D eigenvalue weighted by molar-refractivity contribution is 0.415. The van der Waals surface area contributed by atoms with E-state index in [0.717, 1.165) is 28.7 Å². The maximum Gasteiger partial charge on any atom is 0.347 e. The van der Waals surface area contributed by atoms with Crippen LogP contribution in [0.4, 0.5) is 0 Å². The highest BCUT2D eigenvalue weighted by molar-refractivity contribution is 5.78. The van der Waals surface area contributed by atoms with E-state index in [1.165, 1.54) is 0 Å². The fraction of sp³-hybridized carbons (Fsp3) is 0.333. The highest BCUT2D eigenvalue weighted by Gasteiger charge is 2.25. The second-order valence-corrected chi connectivity index (χ2v) is 6.60. The zero-order valence-electron chi connectivity index (χ0n) is 15.1. The summed E-state index contributed by atoms with van der Waals surface area (Å²) in [6.45, 7) is 7.83. The lowest BCUT2D eigenvalue weighted by Crippen LogP contribution is -2.13. The van der Waals surface area contributed by atoms with Gasteiger partial charge in [0.2, 0.25) is 0 Å². The Morgan fingerprint density at radius 3 is 2.64 bits per heavy atom. The summed E-state index contributed by atoms with van der Waals surface area (Å²) in [7, 11) is 0. The predicted molar refractivity (Wildman–Crippen MR) is 101 cm³/mol. The molecule has 0 saturated carbocycles. The van der Waals surface area contributed by atoms with Crippen molar-refractivity contribution in [2.24, 2.45) is 4.99 Å². The van der Waals surface area contributed by atoms with E-state index in [0.29, 0.717) is 17.7 Å². The quantitative estimate of drug-likeness (QED) is 0.892. The van der Waals surface area contributed by atoms with E-state index in [2.05, 4.69) is 11.1 Å². The third kappa shape index (κ3) is 3.04. The Morgan fingerprint density at radius 2 is 2.00 bits per heavy atom. The van der Waals surface area contributed by atoms with Gasteiger partial charge in [-0.1, -0.05) is 30.7 Å². The Morgan fingerprint density at radius 1 is 1.24 bits per heavy atom. The average molecular weight is 337 g/mol. The van der Waals surface area contributed by atoms with Crippen LogP contribution in [-0.4, -0.2) is 11.3 Å². The van der Waals surface area contributed by atoms with Crippen LogP contribution in [0.1, 0.15) is 47.3 Å². The van der Waals surface area contributed by atoms with Crippen molar-refractivity contribution in [1.82, 2.24) is 0 Å². The molecule has 4 heteroatoms. The van der Waals surface area contributed by atoms with Crippen molar-refractivity contribution in [3.05, 3.63) is 62.8 Å². The van der Waals surface area contributed by atoms with Gasteiger partial charge in [-0.15, -0.1) is 0 Å². The highest BCUT2D eigenvalue weighted by atomic mass is 16.4. The van der Waals surface area contributed by atoms with Crippen molar-refractivity contribution >= 4 is 6.21 Å². The molecule has 1 N–H and O–H groups in total. The molecule has 2 aromatic rings. The largest absolute Gasteiger partial charge is 0.507 e. The SMILES string of the molecule is CCc1cc(C)cc(C)c1-c1c(O)c(C)c(C2C=NC=CC2)oc1=O. The van der Waals surface area contributed by atoms with Gasteiger partial charge < -0.3 is 9.52 Å². The first-order chi connectivity index (χ1) is 11.9. The molecule has 3 rings (SSSR count). The fourth-order valence-electron chi connectivity index (χ4n) is 3.55. The molecule has 1 atom stereocenters. The van der Waals surface area contributed by atoms with E-state index in [-0.39, 0.29) is 17.2 Å². The molecule has 1 aromatic carbocycles. The lowest BCUT2D eigenvalue weighted by atomic mass is 9.90. The molecule has 0 aliphatic carbocycles. The molecule has 0 saturated heterocycles. The fourth-order valence-corrected chi connectivity index (χ4v) is 3.55. The van der Waals surface area contributed by atoms with Crippen molar-refractivity contribution in [2.45, 2.75) is 46.5 Å². The summed E-state index contributed by atoms with van der Waals surface area (Å²) in [5.74, 6) is 0.375. The molecule has 2 heterocycles. The first kappa shape index (κ1) is 17.2. The van der Waals surface area contributed by atoms with Gasteiger partial charge >= 0.3 is 5.63 Å². The van der Waals surface area contributed by atoms with E-state index in [1.54, 1.807) is 19.3 Å². The molecule has 0 bridgehead atoms. The number of hydrogen-bond donors (Lipinski definition) is 1. The standard InChI is InChI=1S/C21H23NO3/c1-5-15-10-12(2)9-13(3)17(15)18-19(23)14(4)20(25-21(18)24)16-7-6-8-22-11-16/h6,8-11,16,23H,5,7H2,1-4H3. The molecule has 1 unspecified atom stereocenters. The van der Waals surface area contributed by atoms with Crippen molar-refractivity contribution in [1.29, 1.82) is 0 Å². The van der Waals surface area contributed by atoms with Crippen LogP contribution < -0.4 is 5.63 Å². The summed E-state index contributed by atoms with van der Waals surface area (Å²) in [6.07, 6.45) is 6.88. The number of rotatable bonds is 3. The monoisotopic (exact) mass is 337 g/mol. The molecular formula is C21H23NO3. The van der Waals surface area contributed by atoms with E-state index in [4.69, 9.17) is 4.42 Å². The van der Waals surface area contributed by atoms with Crippen LogP contribution in [0.5, 0.6) is 5.75 Å². The van der Waals surface area contributed by atoms with Gasteiger partial charge in [0, 0.05) is 18.0 Å². The van der Waals surface area contributed by atoms with Crippen molar-refractivity contribution in [2.75, 3.05) is 0 Å². The van der Waals surface area contributed by atoms with Crippen LogP contribution in [0, 0.1) is 20.8 Å². The van der Waals surface area contributed by atoms with Crippen LogP contribution in [0.3, 0.4) is 0 Å². The first-order valence-electron chi connectivity index (χ1n) is 8.59. The minimum absolute atomic E-state index is 0.0101. The van der Waals surface area contributed by atoms with E-state index < -0.39 is 5.63 Å². The minimum Gasteiger partial charge on any atom is -0.507 e. The van der Waals surface area contributed by atoms with Crippen LogP contribution >= 0.6 is 0 Å². The van der Waals surface area contributed by atoms with E-state index >= 15 is 0 Å². The Bertz CT molecular complexity index is 935. The number of hydrogen-bond acceptors (Lipinski definition) is 4. The molecule has 0 spiro atoms. The average Bonchev–Trinajstić information content (AvgIpc) is 2.60. The van der Waals surface area contributed by atoms with Crippen molar-refractivity contribution < 1.29 is 9.52 Å². The van der Waals surface area contributed by atoms with Gasteiger partial charge in [0.15, 0.2) is 0 Å². The minimum atomic E-state index is -0.497. The smallest absolute Gasteiger partial charge is 0.347 e. The Balaban J connectivity index is 2.23. The van der Waals surface area contributed by atoms with Crippen molar-refractivity contribution in [3.63, 3.8) is 0 Å². The molecule has 130 valence electrons. The number of nitrogens with zero attached hydrogens (tertiary/aromatic N) is 1.